The van der Waals surface area contributed by atoms with Crippen LogP contribution < -0.4 is 20.1 Å². The number of carbonyl (C=O) groups is 2. The molecule has 1 rings (SSSR count). The Bertz CT molecular complexity index is 574. The molecule has 0 aliphatic carbocycles. The zero-order valence-corrected chi connectivity index (χ0v) is 14.1. The van der Waals surface area contributed by atoms with E-state index in [-0.39, 0.29) is 19.5 Å². The highest BCUT2D eigenvalue weighted by molar-refractivity contribution is 5.75. The normalized spacial score (nSPS) is 12.8. The van der Waals surface area contributed by atoms with Gasteiger partial charge < -0.3 is 30.3 Å². The summed E-state index contributed by atoms with van der Waals surface area (Å²) in [6, 6.07) is 4.79. The lowest BCUT2D eigenvalue weighted by Crippen LogP contribution is -2.46. The second-order valence-electron chi connectivity index (χ2n) is 5.62. The predicted molar refractivity (Wildman–Crippen MR) is 87.5 cm³/mol. The Labute approximate surface area is 140 Å². The number of hydrogen-bond acceptors (Lipinski definition) is 5. The number of aliphatic carboxylic acids is 1. The third-order valence-corrected chi connectivity index (χ3v) is 3.29. The molecule has 0 aliphatic rings. The van der Waals surface area contributed by atoms with Gasteiger partial charge in [0.05, 0.1) is 26.2 Å². The molecule has 4 N–H and O–H groups in total. The molecule has 134 valence electrons. The maximum absolute atomic E-state index is 11.5. The molecular formula is C16H24N2O6. The fourth-order valence-electron chi connectivity index (χ4n) is 2.11. The smallest absolute Gasteiger partial charge is 0.314 e. The second kappa shape index (κ2) is 8.97. The number of methoxy groups -OCH3 is 2. The van der Waals surface area contributed by atoms with Crippen LogP contribution in [0.25, 0.3) is 0 Å². The van der Waals surface area contributed by atoms with Crippen molar-refractivity contribution >= 4 is 12.0 Å². The minimum Gasteiger partial charge on any atom is -0.493 e. The number of amides is 2. The van der Waals surface area contributed by atoms with Crippen LogP contribution in [0.15, 0.2) is 18.2 Å². The summed E-state index contributed by atoms with van der Waals surface area (Å²) in [7, 11) is 3.07. The van der Waals surface area contributed by atoms with Crippen molar-refractivity contribution in [3.05, 3.63) is 23.8 Å². The molecule has 0 spiro atoms. The molecule has 0 fully saturated rings. The Morgan fingerprint density at radius 3 is 2.42 bits per heavy atom. The topological polar surface area (TPSA) is 117 Å². The van der Waals surface area contributed by atoms with E-state index in [1.165, 1.54) is 7.11 Å². The van der Waals surface area contributed by atoms with Crippen molar-refractivity contribution in [2.45, 2.75) is 25.4 Å². The standard InChI is InChI=1S/C16H24N2O6/c1-16(22,10-18-15(21)17-7-6-14(19)20)9-11-4-5-12(23-2)13(8-11)24-3/h4-5,8,22H,6-7,9-10H2,1-3H3,(H,19,20)(H2,17,18,21). The van der Waals surface area contributed by atoms with Crippen molar-refractivity contribution in [2.75, 3.05) is 27.3 Å². The van der Waals surface area contributed by atoms with Gasteiger partial charge in [-0.2, -0.15) is 0 Å². The van der Waals surface area contributed by atoms with Crippen molar-refractivity contribution in [2.24, 2.45) is 0 Å². The van der Waals surface area contributed by atoms with E-state index in [9.17, 15) is 14.7 Å². The summed E-state index contributed by atoms with van der Waals surface area (Å²) in [5, 5.41) is 23.8. The van der Waals surface area contributed by atoms with E-state index >= 15 is 0 Å². The average Bonchev–Trinajstić information content (AvgIpc) is 2.52. The summed E-state index contributed by atoms with van der Waals surface area (Å²) in [5.74, 6) is 0.165. The number of ether oxygens (including phenoxy) is 2. The van der Waals surface area contributed by atoms with Crippen molar-refractivity contribution in [1.82, 2.24) is 10.6 Å². The predicted octanol–water partition coefficient (Wildman–Crippen LogP) is 0.771. The van der Waals surface area contributed by atoms with Crippen LogP contribution in [0, 0.1) is 0 Å². The summed E-state index contributed by atoms with van der Waals surface area (Å²) in [5.41, 5.74) is -0.352. The molecule has 1 atom stereocenters. The number of carboxylic acids is 1. The first-order valence-electron chi connectivity index (χ1n) is 7.44. The highest BCUT2D eigenvalue weighted by Crippen LogP contribution is 2.28. The maximum Gasteiger partial charge on any atom is 0.314 e. The van der Waals surface area contributed by atoms with Crippen molar-refractivity contribution in [1.29, 1.82) is 0 Å². The van der Waals surface area contributed by atoms with E-state index in [2.05, 4.69) is 10.6 Å². The summed E-state index contributed by atoms with van der Waals surface area (Å²) in [6.07, 6.45) is 0.137. The van der Waals surface area contributed by atoms with Crippen LogP contribution in [-0.2, 0) is 11.2 Å². The third-order valence-electron chi connectivity index (χ3n) is 3.29. The van der Waals surface area contributed by atoms with Gasteiger partial charge in [0.2, 0.25) is 0 Å². The van der Waals surface area contributed by atoms with Crippen LogP contribution in [0.5, 0.6) is 11.5 Å². The van der Waals surface area contributed by atoms with Gasteiger partial charge in [-0.15, -0.1) is 0 Å². The van der Waals surface area contributed by atoms with E-state index in [1.54, 1.807) is 26.2 Å². The number of aliphatic hydroxyl groups is 1. The zero-order chi connectivity index (χ0) is 18.2. The lowest BCUT2D eigenvalue weighted by Gasteiger charge is -2.24. The number of benzene rings is 1. The van der Waals surface area contributed by atoms with Crippen LogP contribution >= 0.6 is 0 Å². The minimum atomic E-state index is -1.18. The minimum absolute atomic E-state index is 0.0141. The number of carbonyl (C=O) groups excluding carboxylic acids is 1. The van der Waals surface area contributed by atoms with E-state index in [1.807, 2.05) is 6.07 Å². The first-order chi connectivity index (χ1) is 11.3. The van der Waals surface area contributed by atoms with Gasteiger partial charge in [0.15, 0.2) is 11.5 Å². The first-order valence-corrected chi connectivity index (χ1v) is 7.44. The molecule has 0 aromatic heterocycles. The Morgan fingerprint density at radius 2 is 1.83 bits per heavy atom. The fourth-order valence-corrected chi connectivity index (χ4v) is 2.11. The molecule has 1 aromatic rings. The molecule has 2 amide bonds. The Morgan fingerprint density at radius 1 is 1.17 bits per heavy atom. The van der Waals surface area contributed by atoms with Gasteiger partial charge in [-0.25, -0.2) is 4.79 Å². The van der Waals surface area contributed by atoms with E-state index < -0.39 is 17.6 Å². The summed E-state index contributed by atoms with van der Waals surface area (Å²) in [4.78, 5) is 21.9. The highest BCUT2D eigenvalue weighted by atomic mass is 16.5. The number of urea groups is 1. The molecule has 0 bridgehead atoms. The van der Waals surface area contributed by atoms with Gasteiger partial charge in [-0.3, -0.25) is 4.79 Å². The Hall–Kier alpha value is -2.48. The summed E-state index contributed by atoms with van der Waals surface area (Å²) < 4.78 is 10.4. The van der Waals surface area contributed by atoms with Crippen LogP contribution in [0.4, 0.5) is 4.79 Å². The van der Waals surface area contributed by atoms with Gasteiger partial charge in [0, 0.05) is 19.5 Å². The number of nitrogens with one attached hydrogen (secondary N) is 2. The quantitative estimate of drug-likeness (QED) is 0.527. The lowest BCUT2D eigenvalue weighted by atomic mass is 9.96. The Balaban J connectivity index is 2.54. The van der Waals surface area contributed by atoms with Gasteiger partial charge in [0.25, 0.3) is 0 Å². The molecule has 1 aromatic carbocycles. The first kappa shape index (κ1) is 19.6. The maximum atomic E-state index is 11.5. The molecule has 8 heteroatoms. The SMILES string of the molecule is COc1ccc(CC(C)(O)CNC(=O)NCCC(=O)O)cc1OC. The van der Waals surface area contributed by atoms with E-state index in [0.29, 0.717) is 17.9 Å². The van der Waals surface area contributed by atoms with Gasteiger partial charge in [0.1, 0.15) is 0 Å². The molecule has 8 nitrogen and oxygen atoms in total. The van der Waals surface area contributed by atoms with E-state index in [0.717, 1.165) is 5.56 Å². The van der Waals surface area contributed by atoms with Gasteiger partial charge in [-0.1, -0.05) is 6.07 Å². The zero-order valence-electron chi connectivity index (χ0n) is 14.1. The second-order valence-corrected chi connectivity index (χ2v) is 5.62. The van der Waals surface area contributed by atoms with Crippen LogP contribution in [0.3, 0.4) is 0 Å². The van der Waals surface area contributed by atoms with Crippen molar-refractivity contribution in [3.8, 4) is 11.5 Å². The molecule has 1 unspecified atom stereocenters. The largest absolute Gasteiger partial charge is 0.493 e. The van der Waals surface area contributed by atoms with Crippen molar-refractivity contribution in [3.63, 3.8) is 0 Å². The molecule has 0 radical (unpaired) electrons. The van der Waals surface area contributed by atoms with Crippen molar-refractivity contribution < 1.29 is 29.3 Å². The number of hydrogen-bond donors (Lipinski definition) is 4. The van der Waals surface area contributed by atoms with E-state index in [4.69, 9.17) is 14.6 Å². The molecule has 0 saturated heterocycles. The molecule has 0 saturated carbocycles. The van der Waals surface area contributed by atoms with Crippen LogP contribution in [0.1, 0.15) is 18.9 Å². The fraction of sp³-hybridized carbons (Fsp3) is 0.500. The number of carboxylic acid groups (broad SMARTS) is 1. The third kappa shape index (κ3) is 6.74. The molecule has 24 heavy (non-hydrogen) atoms. The molecule has 0 heterocycles. The highest BCUT2D eigenvalue weighted by Gasteiger charge is 2.22. The monoisotopic (exact) mass is 340 g/mol. The van der Waals surface area contributed by atoms with Crippen LogP contribution in [-0.4, -0.2) is 55.1 Å². The van der Waals surface area contributed by atoms with Gasteiger partial charge in [-0.05, 0) is 24.6 Å². The summed E-state index contributed by atoms with van der Waals surface area (Å²) >= 11 is 0. The van der Waals surface area contributed by atoms with Gasteiger partial charge >= 0.3 is 12.0 Å². The molecular weight excluding hydrogens is 316 g/mol. The number of rotatable bonds is 9. The Kier molecular flexibility index (Phi) is 7.31. The average molecular weight is 340 g/mol. The molecule has 0 aliphatic heterocycles. The van der Waals surface area contributed by atoms with Crippen LogP contribution in [0.2, 0.25) is 0 Å². The summed E-state index contributed by atoms with van der Waals surface area (Å²) in [6.45, 7) is 1.64. The lowest BCUT2D eigenvalue weighted by molar-refractivity contribution is -0.136.